The van der Waals surface area contributed by atoms with Crippen molar-refractivity contribution in [2.75, 3.05) is 0 Å². The van der Waals surface area contributed by atoms with E-state index in [2.05, 4.69) is 183 Å². The first kappa shape index (κ1) is 35.9. The normalized spacial score (nSPS) is 15.3. The van der Waals surface area contributed by atoms with Gasteiger partial charge in [-0.05, 0) is 77.2 Å². The molecular weight excluding hydrogens is 779 g/mol. The number of nitrogens with zero attached hydrogens (tertiary/aromatic N) is 3. The first-order chi connectivity index (χ1) is 30.0. The van der Waals surface area contributed by atoms with Crippen LogP contribution in [0, 0.1) is 0 Å². The Morgan fingerprint density at radius 3 is 1.93 bits per heavy atom. The molecule has 7 aromatic carbocycles. The highest BCUT2D eigenvalue weighted by Gasteiger charge is 2.26. The molecule has 0 bridgehead atoms. The van der Waals surface area contributed by atoms with E-state index in [4.69, 9.17) is 15.0 Å². The van der Waals surface area contributed by atoms with Gasteiger partial charge in [0.25, 0.3) is 0 Å². The summed E-state index contributed by atoms with van der Waals surface area (Å²) in [5.74, 6) is 0.710. The minimum absolute atomic E-state index is 0.0721. The summed E-state index contributed by atoms with van der Waals surface area (Å²) in [5, 5.41) is 6.30. The van der Waals surface area contributed by atoms with Gasteiger partial charge in [0.2, 0.25) is 0 Å². The molecule has 11 aromatic rings. The molecule has 0 N–H and O–H groups in total. The highest BCUT2D eigenvalue weighted by atomic mass is 32.1. The molecule has 1 aliphatic carbocycles. The van der Waals surface area contributed by atoms with Crippen molar-refractivity contribution in [3.05, 3.63) is 205 Å². The SMILES string of the molecule is CC1(c2ccccc2)C=CC(c2cc(-c3cccc(-c4nc5ccc(-c6ccc7sc8ccccc8c7c6)cc5c5c4sc4ccccc45)c3)nc(-c3ccccc3)n2)=CC1. The summed E-state index contributed by atoms with van der Waals surface area (Å²) in [4.78, 5) is 15.9. The predicted molar refractivity (Wildman–Crippen MR) is 260 cm³/mol. The van der Waals surface area contributed by atoms with Gasteiger partial charge in [0.1, 0.15) is 0 Å². The lowest BCUT2D eigenvalue weighted by molar-refractivity contribution is 0.601. The van der Waals surface area contributed by atoms with E-state index >= 15 is 0 Å². The Morgan fingerprint density at radius 2 is 1.13 bits per heavy atom. The summed E-state index contributed by atoms with van der Waals surface area (Å²) < 4.78 is 5.08. The minimum atomic E-state index is -0.0721. The molecule has 0 saturated carbocycles. The monoisotopic (exact) mass is 815 g/mol. The van der Waals surface area contributed by atoms with Gasteiger partial charge in [-0.2, -0.15) is 0 Å². The minimum Gasteiger partial charge on any atom is -0.246 e. The molecular formula is C56H37N3S2. The number of fused-ring (bicyclic) bond motifs is 8. The Labute approximate surface area is 361 Å². The average Bonchev–Trinajstić information content (AvgIpc) is 3.91. The van der Waals surface area contributed by atoms with Crippen LogP contribution in [0.2, 0.25) is 0 Å². The Bertz CT molecular complexity index is 3580. The van der Waals surface area contributed by atoms with Crippen molar-refractivity contribution in [1.82, 2.24) is 15.0 Å². The van der Waals surface area contributed by atoms with Gasteiger partial charge in [-0.1, -0.05) is 153 Å². The molecule has 5 heteroatoms. The van der Waals surface area contributed by atoms with Crippen LogP contribution < -0.4 is 0 Å². The summed E-state index contributed by atoms with van der Waals surface area (Å²) in [5.41, 5.74) is 11.6. The van der Waals surface area contributed by atoms with E-state index in [1.807, 2.05) is 40.9 Å². The number of thiophene rings is 2. The maximum absolute atomic E-state index is 5.48. The number of aromatic nitrogens is 3. The zero-order valence-corrected chi connectivity index (χ0v) is 35.0. The van der Waals surface area contributed by atoms with Crippen molar-refractivity contribution in [3.8, 4) is 45.0 Å². The van der Waals surface area contributed by atoms with Crippen LogP contribution in [-0.4, -0.2) is 15.0 Å². The van der Waals surface area contributed by atoms with Crippen LogP contribution in [0.25, 0.3) is 102 Å². The van der Waals surface area contributed by atoms with Gasteiger partial charge in [0.05, 0.1) is 27.3 Å². The number of benzene rings is 7. The standard InChI is InChI=1S/C56H37N3S2/c1-56(41-17-6-3-7-18-41)29-27-35(28-30-56)47-34-48(59-55(58-47)36-13-4-2-5-14-36)39-15-12-16-40(31-39)53-54-52(43-20-9-11-22-50(43)61-54)45-33-37(23-25-46(45)57-53)38-24-26-51-44(32-38)42-19-8-10-21-49(42)60-51/h2-29,31-34H,30H2,1H3. The van der Waals surface area contributed by atoms with Gasteiger partial charge in [0, 0.05) is 63.1 Å². The molecule has 0 radical (unpaired) electrons. The van der Waals surface area contributed by atoms with E-state index in [9.17, 15) is 0 Å². The zero-order chi connectivity index (χ0) is 40.5. The molecule has 12 rings (SSSR count). The lowest BCUT2D eigenvalue weighted by Crippen LogP contribution is -2.20. The maximum atomic E-state index is 5.48. The van der Waals surface area contributed by atoms with Crippen molar-refractivity contribution in [3.63, 3.8) is 0 Å². The van der Waals surface area contributed by atoms with Gasteiger partial charge in [0.15, 0.2) is 5.82 Å². The van der Waals surface area contributed by atoms with E-state index in [0.29, 0.717) is 5.82 Å². The van der Waals surface area contributed by atoms with Crippen LogP contribution in [0.3, 0.4) is 0 Å². The van der Waals surface area contributed by atoms with Crippen LogP contribution in [0.1, 0.15) is 24.6 Å². The average molecular weight is 816 g/mol. The number of pyridine rings is 1. The number of allylic oxidation sites excluding steroid dienone is 4. The topological polar surface area (TPSA) is 38.7 Å². The molecule has 1 aliphatic rings. The predicted octanol–water partition coefficient (Wildman–Crippen LogP) is 15.7. The molecule has 1 atom stereocenters. The summed E-state index contributed by atoms with van der Waals surface area (Å²) >= 11 is 3.68. The molecule has 61 heavy (non-hydrogen) atoms. The second kappa shape index (κ2) is 14.3. The van der Waals surface area contributed by atoms with Crippen LogP contribution in [0.5, 0.6) is 0 Å². The number of rotatable bonds is 6. The Hall–Kier alpha value is -7.05. The summed E-state index contributed by atoms with van der Waals surface area (Å²) in [6.45, 7) is 2.30. The van der Waals surface area contributed by atoms with E-state index < -0.39 is 0 Å². The van der Waals surface area contributed by atoms with Crippen LogP contribution >= 0.6 is 22.7 Å². The van der Waals surface area contributed by atoms with Crippen LogP contribution in [0.15, 0.2) is 194 Å². The molecule has 288 valence electrons. The van der Waals surface area contributed by atoms with Crippen molar-refractivity contribution >= 4 is 79.5 Å². The fourth-order valence-corrected chi connectivity index (χ4v) is 11.3. The fraction of sp³-hybridized carbons (Fsp3) is 0.0536. The van der Waals surface area contributed by atoms with Gasteiger partial charge >= 0.3 is 0 Å². The second-order valence-electron chi connectivity index (χ2n) is 16.2. The molecule has 0 saturated heterocycles. The van der Waals surface area contributed by atoms with Crippen molar-refractivity contribution in [1.29, 1.82) is 0 Å². The van der Waals surface area contributed by atoms with Crippen molar-refractivity contribution in [2.24, 2.45) is 0 Å². The molecule has 0 spiro atoms. The summed E-state index contributed by atoms with van der Waals surface area (Å²) in [7, 11) is 0. The van der Waals surface area contributed by atoms with E-state index in [-0.39, 0.29) is 5.41 Å². The van der Waals surface area contributed by atoms with Gasteiger partial charge in [-0.25, -0.2) is 15.0 Å². The summed E-state index contributed by atoms with van der Waals surface area (Å²) in [6.07, 6.45) is 7.78. The van der Waals surface area contributed by atoms with Crippen molar-refractivity contribution in [2.45, 2.75) is 18.8 Å². The van der Waals surface area contributed by atoms with E-state index in [0.717, 1.165) is 51.3 Å². The molecule has 4 heterocycles. The third-order valence-corrected chi connectivity index (χ3v) is 14.6. The van der Waals surface area contributed by atoms with Gasteiger partial charge in [-0.3, -0.25) is 0 Å². The zero-order valence-electron chi connectivity index (χ0n) is 33.3. The van der Waals surface area contributed by atoms with E-state index in [1.165, 1.54) is 62.4 Å². The lowest BCUT2D eigenvalue weighted by atomic mass is 9.76. The maximum Gasteiger partial charge on any atom is 0.160 e. The van der Waals surface area contributed by atoms with E-state index in [1.54, 1.807) is 0 Å². The van der Waals surface area contributed by atoms with Gasteiger partial charge in [-0.15, -0.1) is 22.7 Å². The third kappa shape index (κ3) is 6.20. The molecule has 0 fully saturated rings. The number of hydrogen-bond acceptors (Lipinski definition) is 5. The molecule has 0 amide bonds. The fourth-order valence-electron chi connectivity index (χ4n) is 9.01. The first-order valence-corrected chi connectivity index (χ1v) is 22.4. The number of hydrogen-bond donors (Lipinski definition) is 0. The molecule has 0 aliphatic heterocycles. The lowest BCUT2D eigenvalue weighted by Gasteiger charge is -2.28. The Balaban J connectivity index is 0.983. The molecule has 1 unspecified atom stereocenters. The Morgan fingerprint density at radius 1 is 0.475 bits per heavy atom. The quantitative estimate of drug-likeness (QED) is 0.168. The smallest absolute Gasteiger partial charge is 0.160 e. The van der Waals surface area contributed by atoms with Crippen molar-refractivity contribution < 1.29 is 0 Å². The largest absolute Gasteiger partial charge is 0.246 e. The highest BCUT2D eigenvalue weighted by molar-refractivity contribution is 7.26. The third-order valence-electron chi connectivity index (χ3n) is 12.3. The highest BCUT2D eigenvalue weighted by Crippen LogP contribution is 2.45. The first-order valence-electron chi connectivity index (χ1n) is 20.7. The second-order valence-corrected chi connectivity index (χ2v) is 18.3. The van der Waals surface area contributed by atoms with Crippen LogP contribution in [-0.2, 0) is 5.41 Å². The molecule has 4 aromatic heterocycles. The molecule has 3 nitrogen and oxygen atoms in total. The van der Waals surface area contributed by atoms with Gasteiger partial charge < -0.3 is 0 Å². The van der Waals surface area contributed by atoms with Crippen LogP contribution in [0.4, 0.5) is 0 Å². The summed E-state index contributed by atoms with van der Waals surface area (Å²) in [6, 6.07) is 63.1. The Kier molecular flexibility index (Phi) is 8.41.